The van der Waals surface area contributed by atoms with Gasteiger partial charge in [0.15, 0.2) is 0 Å². The molecule has 1 aliphatic rings. The molecule has 0 N–H and O–H groups in total. The molecule has 0 saturated carbocycles. The summed E-state index contributed by atoms with van der Waals surface area (Å²) >= 11 is 0. The van der Waals surface area contributed by atoms with Crippen LogP contribution in [0.2, 0.25) is 0 Å². The highest BCUT2D eigenvalue weighted by molar-refractivity contribution is 5.76. The van der Waals surface area contributed by atoms with E-state index in [1.807, 2.05) is 30.3 Å². The van der Waals surface area contributed by atoms with Gasteiger partial charge in [-0.3, -0.25) is 14.2 Å². The van der Waals surface area contributed by atoms with Crippen LogP contribution in [-0.2, 0) is 17.9 Å². The SMILES string of the molecule is CCn1cc(C#N)c(=O)n(CC(=O)N2CCN(c3ccccc3)CC2)c1=O. The predicted octanol–water partition coefficient (Wildman–Crippen LogP) is 0.250. The number of piperazine rings is 1. The molecule has 0 radical (unpaired) electrons. The van der Waals surface area contributed by atoms with Crippen molar-refractivity contribution in [2.24, 2.45) is 0 Å². The number of carbonyl (C=O) groups excluding carboxylic acids is 1. The molecule has 0 bridgehead atoms. The summed E-state index contributed by atoms with van der Waals surface area (Å²) in [5, 5.41) is 9.09. The number of nitriles is 1. The van der Waals surface area contributed by atoms with Crippen LogP contribution in [0.4, 0.5) is 5.69 Å². The van der Waals surface area contributed by atoms with Crippen molar-refractivity contribution < 1.29 is 4.79 Å². The maximum atomic E-state index is 12.6. The topological polar surface area (TPSA) is 91.3 Å². The number of carbonyl (C=O) groups is 1. The van der Waals surface area contributed by atoms with Crippen molar-refractivity contribution in [2.75, 3.05) is 31.1 Å². The van der Waals surface area contributed by atoms with Gasteiger partial charge >= 0.3 is 5.69 Å². The Balaban J connectivity index is 1.73. The molecular formula is C19H21N5O3. The average Bonchev–Trinajstić information content (AvgIpc) is 2.72. The maximum absolute atomic E-state index is 12.6. The van der Waals surface area contributed by atoms with Crippen LogP contribution in [0.1, 0.15) is 12.5 Å². The van der Waals surface area contributed by atoms with Gasteiger partial charge in [-0.05, 0) is 19.1 Å². The monoisotopic (exact) mass is 367 g/mol. The zero-order valence-electron chi connectivity index (χ0n) is 15.2. The first-order valence-electron chi connectivity index (χ1n) is 8.87. The van der Waals surface area contributed by atoms with E-state index in [0.29, 0.717) is 32.7 Å². The first-order valence-corrected chi connectivity index (χ1v) is 8.87. The van der Waals surface area contributed by atoms with Crippen molar-refractivity contribution in [3.63, 3.8) is 0 Å². The van der Waals surface area contributed by atoms with E-state index >= 15 is 0 Å². The van der Waals surface area contributed by atoms with E-state index in [4.69, 9.17) is 5.26 Å². The van der Waals surface area contributed by atoms with E-state index in [0.717, 1.165) is 10.3 Å². The minimum absolute atomic E-state index is 0.141. The fraction of sp³-hybridized carbons (Fsp3) is 0.368. The minimum Gasteiger partial charge on any atom is -0.368 e. The molecule has 1 saturated heterocycles. The van der Waals surface area contributed by atoms with E-state index in [1.165, 1.54) is 10.8 Å². The molecule has 2 heterocycles. The van der Waals surface area contributed by atoms with Crippen molar-refractivity contribution in [3.8, 4) is 6.07 Å². The summed E-state index contributed by atoms with van der Waals surface area (Å²) in [6, 6.07) is 11.7. The van der Waals surface area contributed by atoms with Crippen LogP contribution in [0.15, 0.2) is 46.1 Å². The van der Waals surface area contributed by atoms with Crippen molar-refractivity contribution in [3.05, 3.63) is 62.9 Å². The Morgan fingerprint density at radius 2 is 1.78 bits per heavy atom. The highest BCUT2D eigenvalue weighted by atomic mass is 16.2. The first kappa shape index (κ1) is 18.5. The number of aromatic nitrogens is 2. The predicted molar refractivity (Wildman–Crippen MR) is 101 cm³/mol. The third kappa shape index (κ3) is 3.77. The van der Waals surface area contributed by atoms with E-state index < -0.39 is 11.2 Å². The largest absolute Gasteiger partial charge is 0.368 e. The molecule has 8 nitrogen and oxygen atoms in total. The lowest BCUT2D eigenvalue weighted by Gasteiger charge is -2.36. The lowest BCUT2D eigenvalue weighted by Crippen LogP contribution is -2.51. The summed E-state index contributed by atoms with van der Waals surface area (Å²) in [5.74, 6) is -0.292. The van der Waals surface area contributed by atoms with Crippen molar-refractivity contribution in [1.29, 1.82) is 5.26 Å². The number of rotatable bonds is 4. The van der Waals surface area contributed by atoms with Crippen LogP contribution in [0.25, 0.3) is 0 Å². The van der Waals surface area contributed by atoms with Gasteiger partial charge < -0.3 is 9.80 Å². The highest BCUT2D eigenvalue weighted by Gasteiger charge is 2.23. The Labute approximate surface area is 156 Å². The summed E-state index contributed by atoms with van der Waals surface area (Å²) in [7, 11) is 0. The number of hydrogen-bond donors (Lipinski definition) is 0. The average molecular weight is 367 g/mol. The number of amides is 1. The molecule has 8 heteroatoms. The molecule has 1 aromatic carbocycles. The van der Waals surface area contributed by atoms with Crippen LogP contribution >= 0.6 is 0 Å². The van der Waals surface area contributed by atoms with Crippen LogP contribution in [0.5, 0.6) is 0 Å². The molecule has 140 valence electrons. The molecular weight excluding hydrogens is 346 g/mol. The van der Waals surface area contributed by atoms with Gasteiger partial charge in [-0.2, -0.15) is 5.26 Å². The summed E-state index contributed by atoms with van der Waals surface area (Å²) in [5.41, 5.74) is -0.326. The zero-order chi connectivity index (χ0) is 19.4. The van der Waals surface area contributed by atoms with Gasteiger partial charge in [-0.15, -0.1) is 0 Å². The molecule has 0 unspecified atom stereocenters. The maximum Gasteiger partial charge on any atom is 0.331 e. The second-order valence-corrected chi connectivity index (χ2v) is 6.32. The molecule has 3 rings (SSSR count). The van der Waals surface area contributed by atoms with E-state index in [9.17, 15) is 14.4 Å². The summed E-state index contributed by atoms with van der Waals surface area (Å²) in [6.45, 7) is 4.10. The Morgan fingerprint density at radius 1 is 1.11 bits per heavy atom. The first-order chi connectivity index (χ1) is 13.0. The van der Waals surface area contributed by atoms with Gasteiger partial charge in [0.05, 0.1) is 0 Å². The standard InChI is InChI=1S/C19H21N5O3/c1-2-21-13-15(12-20)18(26)24(19(21)27)14-17(25)23-10-8-22(9-11-23)16-6-4-3-5-7-16/h3-7,13H,2,8-11,14H2,1H3. The molecule has 27 heavy (non-hydrogen) atoms. The summed E-state index contributed by atoms with van der Waals surface area (Å²) < 4.78 is 2.12. The van der Waals surface area contributed by atoms with Gasteiger partial charge in [-0.25, -0.2) is 9.36 Å². The Morgan fingerprint density at radius 3 is 2.37 bits per heavy atom. The molecule has 1 fully saturated rings. The third-order valence-electron chi connectivity index (χ3n) is 4.75. The number of nitrogens with zero attached hydrogens (tertiary/aromatic N) is 5. The second kappa shape index (κ2) is 7.91. The molecule has 0 spiro atoms. The van der Waals surface area contributed by atoms with E-state index in [1.54, 1.807) is 17.9 Å². The molecule has 2 aromatic rings. The normalized spacial score (nSPS) is 14.1. The van der Waals surface area contributed by atoms with Gasteiger partial charge in [-0.1, -0.05) is 18.2 Å². The third-order valence-corrected chi connectivity index (χ3v) is 4.75. The summed E-state index contributed by atoms with van der Waals surface area (Å²) in [6.07, 6.45) is 1.24. The lowest BCUT2D eigenvalue weighted by atomic mass is 10.2. The fourth-order valence-electron chi connectivity index (χ4n) is 3.18. The fourth-order valence-corrected chi connectivity index (χ4v) is 3.18. The highest BCUT2D eigenvalue weighted by Crippen LogP contribution is 2.15. The molecule has 0 atom stereocenters. The van der Waals surface area contributed by atoms with E-state index in [2.05, 4.69) is 4.90 Å². The number of aryl methyl sites for hydroxylation is 1. The molecule has 1 amide bonds. The quantitative estimate of drug-likeness (QED) is 0.773. The van der Waals surface area contributed by atoms with Gasteiger partial charge in [0, 0.05) is 44.6 Å². The van der Waals surface area contributed by atoms with Crippen LogP contribution in [0.3, 0.4) is 0 Å². The van der Waals surface area contributed by atoms with Crippen LogP contribution in [-0.4, -0.2) is 46.1 Å². The number of para-hydroxylation sites is 1. The van der Waals surface area contributed by atoms with Crippen LogP contribution < -0.4 is 16.1 Å². The van der Waals surface area contributed by atoms with Gasteiger partial charge in [0.25, 0.3) is 5.56 Å². The van der Waals surface area contributed by atoms with Gasteiger partial charge in [0.2, 0.25) is 5.91 Å². The second-order valence-electron chi connectivity index (χ2n) is 6.32. The number of anilines is 1. The molecule has 0 aliphatic carbocycles. The van der Waals surface area contributed by atoms with Crippen molar-refractivity contribution >= 4 is 11.6 Å². The summed E-state index contributed by atoms with van der Waals surface area (Å²) in [4.78, 5) is 41.1. The minimum atomic E-state index is -0.719. The van der Waals surface area contributed by atoms with Crippen molar-refractivity contribution in [2.45, 2.75) is 20.0 Å². The van der Waals surface area contributed by atoms with Crippen molar-refractivity contribution in [1.82, 2.24) is 14.0 Å². The van der Waals surface area contributed by atoms with E-state index in [-0.39, 0.29) is 18.0 Å². The van der Waals surface area contributed by atoms with Gasteiger partial charge in [0.1, 0.15) is 18.2 Å². The lowest BCUT2D eigenvalue weighted by molar-refractivity contribution is -0.132. The zero-order valence-corrected chi connectivity index (χ0v) is 15.2. The Kier molecular flexibility index (Phi) is 5.41. The Bertz CT molecular complexity index is 979. The smallest absolute Gasteiger partial charge is 0.331 e. The molecule has 1 aliphatic heterocycles. The Hall–Kier alpha value is -3.34. The molecule has 1 aromatic heterocycles. The van der Waals surface area contributed by atoms with Crippen LogP contribution in [0, 0.1) is 11.3 Å². The number of hydrogen-bond acceptors (Lipinski definition) is 5. The number of benzene rings is 1.